The van der Waals surface area contributed by atoms with Gasteiger partial charge in [-0.3, -0.25) is 0 Å². The molecule has 0 aliphatic heterocycles. The Bertz CT molecular complexity index is 408. The molecule has 0 radical (unpaired) electrons. The summed E-state index contributed by atoms with van der Waals surface area (Å²) in [5.74, 6) is 1.22. The molecule has 0 heterocycles. The first-order valence-corrected chi connectivity index (χ1v) is 6.32. The van der Waals surface area contributed by atoms with Crippen molar-refractivity contribution in [3.8, 4) is 11.5 Å². The lowest BCUT2D eigenvalue weighted by Gasteiger charge is -2.25. The first-order chi connectivity index (χ1) is 7.86. The average Bonchev–Trinajstić information content (AvgIpc) is 2.26. The van der Waals surface area contributed by atoms with Crippen LogP contribution in [0.5, 0.6) is 11.5 Å². The van der Waals surface area contributed by atoms with Gasteiger partial charge in [0.1, 0.15) is 0 Å². The van der Waals surface area contributed by atoms with Gasteiger partial charge in [-0.1, -0.05) is 6.92 Å². The molecule has 0 fully saturated rings. The summed E-state index contributed by atoms with van der Waals surface area (Å²) in [5.41, 5.74) is 0.804. The molecule has 0 aliphatic carbocycles. The van der Waals surface area contributed by atoms with E-state index in [9.17, 15) is 5.11 Å². The molecule has 0 aliphatic rings. The summed E-state index contributed by atoms with van der Waals surface area (Å²) >= 11 is 3.54. The van der Waals surface area contributed by atoms with Gasteiger partial charge in [0, 0.05) is 10.0 Å². The van der Waals surface area contributed by atoms with Gasteiger partial charge in [-0.25, -0.2) is 0 Å². The monoisotopic (exact) mass is 302 g/mol. The Kier molecular flexibility index (Phi) is 4.44. The number of ether oxygens (including phenoxy) is 2. The predicted octanol–water partition coefficient (Wildman–Crippen LogP) is 3.26. The smallest absolute Gasteiger partial charge is 0.167 e. The molecule has 0 saturated carbocycles. The SMILES string of the molecule is CCc1cc(OC)c(OC)c(C(C)(C)O)c1Br. The topological polar surface area (TPSA) is 38.7 Å². The molecule has 1 rings (SSSR count). The third kappa shape index (κ3) is 2.75. The van der Waals surface area contributed by atoms with Crippen LogP contribution in [0.1, 0.15) is 31.9 Å². The minimum Gasteiger partial charge on any atom is -0.493 e. The van der Waals surface area contributed by atoms with Crippen molar-refractivity contribution in [1.82, 2.24) is 0 Å². The summed E-state index contributed by atoms with van der Waals surface area (Å²) in [6.07, 6.45) is 0.851. The molecule has 4 heteroatoms. The van der Waals surface area contributed by atoms with Crippen LogP contribution in [0.25, 0.3) is 0 Å². The second-order valence-corrected chi connectivity index (χ2v) is 5.17. The fraction of sp³-hybridized carbons (Fsp3) is 0.538. The van der Waals surface area contributed by atoms with Gasteiger partial charge in [-0.15, -0.1) is 0 Å². The lowest BCUT2D eigenvalue weighted by molar-refractivity contribution is 0.0742. The zero-order chi connectivity index (χ0) is 13.2. The van der Waals surface area contributed by atoms with Crippen LogP contribution in [0.4, 0.5) is 0 Å². The number of aliphatic hydroxyl groups is 1. The van der Waals surface area contributed by atoms with Crippen LogP contribution in [-0.2, 0) is 12.0 Å². The molecule has 1 aromatic rings. The van der Waals surface area contributed by atoms with E-state index in [1.54, 1.807) is 28.1 Å². The van der Waals surface area contributed by atoms with E-state index in [1.807, 2.05) is 6.07 Å². The van der Waals surface area contributed by atoms with Gasteiger partial charge in [-0.05, 0) is 47.8 Å². The third-order valence-electron chi connectivity index (χ3n) is 2.67. The number of halogens is 1. The lowest BCUT2D eigenvalue weighted by atomic mass is 9.94. The maximum Gasteiger partial charge on any atom is 0.167 e. The van der Waals surface area contributed by atoms with Crippen LogP contribution in [-0.4, -0.2) is 19.3 Å². The summed E-state index contributed by atoms with van der Waals surface area (Å²) in [6.45, 7) is 5.52. The molecule has 96 valence electrons. The van der Waals surface area contributed by atoms with Gasteiger partial charge >= 0.3 is 0 Å². The zero-order valence-corrected chi connectivity index (χ0v) is 12.5. The average molecular weight is 303 g/mol. The molecule has 0 bridgehead atoms. The number of benzene rings is 1. The molecular formula is C13H19BrO3. The van der Waals surface area contributed by atoms with Crippen LogP contribution >= 0.6 is 15.9 Å². The molecular weight excluding hydrogens is 284 g/mol. The first kappa shape index (κ1) is 14.3. The standard InChI is InChI=1S/C13H19BrO3/c1-6-8-7-9(16-4)12(17-5)10(11(8)14)13(2,3)15/h7,15H,6H2,1-5H3. The number of methoxy groups -OCH3 is 2. The van der Waals surface area contributed by atoms with Crippen LogP contribution in [0.2, 0.25) is 0 Å². The minimum absolute atomic E-state index is 0.573. The number of rotatable bonds is 4. The molecule has 0 amide bonds. The summed E-state index contributed by atoms with van der Waals surface area (Å²) in [6, 6.07) is 1.93. The van der Waals surface area contributed by atoms with Crippen LogP contribution < -0.4 is 9.47 Å². The summed E-state index contributed by atoms with van der Waals surface area (Å²) in [5, 5.41) is 10.3. The third-order valence-corrected chi connectivity index (χ3v) is 3.58. The molecule has 17 heavy (non-hydrogen) atoms. The van der Waals surface area contributed by atoms with E-state index in [4.69, 9.17) is 9.47 Å². The first-order valence-electron chi connectivity index (χ1n) is 5.53. The molecule has 0 unspecified atom stereocenters. The highest BCUT2D eigenvalue weighted by Crippen LogP contribution is 2.44. The summed E-state index contributed by atoms with van der Waals surface area (Å²) < 4.78 is 11.6. The Morgan fingerprint density at radius 3 is 2.24 bits per heavy atom. The predicted molar refractivity (Wildman–Crippen MR) is 71.9 cm³/mol. The van der Waals surface area contributed by atoms with Crippen molar-refractivity contribution in [2.24, 2.45) is 0 Å². The highest BCUT2D eigenvalue weighted by Gasteiger charge is 2.28. The Hall–Kier alpha value is -0.740. The van der Waals surface area contributed by atoms with Gasteiger partial charge in [0.2, 0.25) is 0 Å². The van der Waals surface area contributed by atoms with E-state index >= 15 is 0 Å². The molecule has 3 nitrogen and oxygen atoms in total. The summed E-state index contributed by atoms with van der Waals surface area (Å²) in [7, 11) is 3.17. The van der Waals surface area contributed by atoms with Crippen molar-refractivity contribution >= 4 is 15.9 Å². The second kappa shape index (κ2) is 5.27. The van der Waals surface area contributed by atoms with E-state index < -0.39 is 5.60 Å². The van der Waals surface area contributed by atoms with Crippen molar-refractivity contribution in [3.05, 3.63) is 21.7 Å². The van der Waals surface area contributed by atoms with E-state index in [-0.39, 0.29) is 0 Å². The number of hydrogen-bond acceptors (Lipinski definition) is 3. The Balaban J connectivity index is 3.62. The van der Waals surface area contributed by atoms with E-state index in [1.165, 1.54) is 0 Å². The van der Waals surface area contributed by atoms with Gasteiger partial charge in [0.05, 0.1) is 19.8 Å². The van der Waals surface area contributed by atoms with E-state index in [2.05, 4.69) is 22.9 Å². The Morgan fingerprint density at radius 2 is 1.88 bits per heavy atom. The van der Waals surface area contributed by atoms with Crippen LogP contribution in [0.15, 0.2) is 10.5 Å². The second-order valence-electron chi connectivity index (χ2n) is 4.37. The highest BCUT2D eigenvalue weighted by molar-refractivity contribution is 9.10. The molecule has 1 N–H and O–H groups in total. The Morgan fingerprint density at radius 1 is 1.29 bits per heavy atom. The zero-order valence-electron chi connectivity index (χ0n) is 10.9. The molecule has 0 saturated heterocycles. The quantitative estimate of drug-likeness (QED) is 0.928. The van der Waals surface area contributed by atoms with Crippen molar-refractivity contribution in [2.45, 2.75) is 32.8 Å². The minimum atomic E-state index is -0.997. The van der Waals surface area contributed by atoms with Crippen molar-refractivity contribution in [1.29, 1.82) is 0 Å². The molecule has 0 aromatic heterocycles. The van der Waals surface area contributed by atoms with E-state index in [0.29, 0.717) is 11.5 Å². The van der Waals surface area contributed by atoms with Gasteiger partial charge in [0.25, 0.3) is 0 Å². The maximum absolute atomic E-state index is 10.3. The lowest BCUT2D eigenvalue weighted by Crippen LogP contribution is -2.19. The van der Waals surface area contributed by atoms with Gasteiger partial charge < -0.3 is 14.6 Å². The molecule has 0 atom stereocenters. The largest absolute Gasteiger partial charge is 0.493 e. The van der Waals surface area contributed by atoms with Crippen LogP contribution in [0.3, 0.4) is 0 Å². The fourth-order valence-electron chi connectivity index (χ4n) is 1.83. The van der Waals surface area contributed by atoms with Crippen molar-refractivity contribution in [3.63, 3.8) is 0 Å². The maximum atomic E-state index is 10.3. The van der Waals surface area contributed by atoms with E-state index in [0.717, 1.165) is 22.0 Å². The number of aryl methyl sites for hydroxylation is 1. The fourth-order valence-corrected chi connectivity index (χ4v) is 2.89. The Labute approximate surface area is 111 Å². The normalized spacial score (nSPS) is 11.5. The molecule has 0 spiro atoms. The molecule has 1 aromatic carbocycles. The highest BCUT2D eigenvalue weighted by atomic mass is 79.9. The number of hydrogen-bond donors (Lipinski definition) is 1. The van der Waals surface area contributed by atoms with Gasteiger partial charge in [0.15, 0.2) is 11.5 Å². The van der Waals surface area contributed by atoms with Gasteiger partial charge in [-0.2, -0.15) is 0 Å². The van der Waals surface area contributed by atoms with Crippen molar-refractivity contribution < 1.29 is 14.6 Å². The summed E-state index contributed by atoms with van der Waals surface area (Å²) in [4.78, 5) is 0. The van der Waals surface area contributed by atoms with Crippen LogP contribution in [0, 0.1) is 0 Å². The van der Waals surface area contributed by atoms with Crippen molar-refractivity contribution in [2.75, 3.05) is 14.2 Å².